The van der Waals surface area contributed by atoms with Crippen LogP contribution in [-0.4, -0.2) is 36.9 Å². The number of benzene rings is 2. The van der Waals surface area contributed by atoms with E-state index in [0.29, 0.717) is 32.5 Å². The number of rotatable bonds is 6. The molecule has 1 saturated heterocycles. The van der Waals surface area contributed by atoms with E-state index < -0.39 is 5.41 Å². The Morgan fingerprint density at radius 2 is 1.68 bits per heavy atom. The van der Waals surface area contributed by atoms with Gasteiger partial charge in [0.2, 0.25) is 5.91 Å². The molecule has 3 rings (SSSR count). The number of carbonyl (C=O) groups excluding carboxylic acids is 1. The lowest BCUT2D eigenvalue weighted by molar-refractivity contribution is -0.137. The van der Waals surface area contributed by atoms with Crippen LogP contribution in [0.15, 0.2) is 42.5 Å². The summed E-state index contributed by atoms with van der Waals surface area (Å²) in [4.78, 5) is 13.0. The first kappa shape index (κ1) is 20.6. The molecule has 1 fully saturated rings. The van der Waals surface area contributed by atoms with E-state index in [9.17, 15) is 9.90 Å². The molecule has 1 aliphatic heterocycles. The average Bonchev–Trinajstić information content (AvgIpc) is 2.68. The van der Waals surface area contributed by atoms with Crippen LogP contribution in [0.2, 0.25) is 0 Å². The van der Waals surface area contributed by atoms with Gasteiger partial charge in [0.1, 0.15) is 0 Å². The summed E-state index contributed by atoms with van der Waals surface area (Å²) < 4.78 is 5.51. The van der Waals surface area contributed by atoms with Crippen LogP contribution in [0, 0.1) is 19.3 Å². The Bertz CT molecular complexity index is 787. The zero-order chi connectivity index (χ0) is 20.1. The maximum absolute atomic E-state index is 13.0. The minimum atomic E-state index is -0.469. The van der Waals surface area contributed by atoms with E-state index in [1.165, 1.54) is 22.3 Å². The maximum Gasteiger partial charge on any atom is 0.227 e. The first-order valence-electron chi connectivity index (χ1n) is 10.1. The summed E-state index contributed by atoms with van der Waals surface area (Å²) in [6, 6.07) is 14.9. The highest BCUT2D eigenvalue weighted by Crippen LogP contribution is 2.35. The molecule has 4 heteroatoms. The van der Waals surface area contributed by atoms with Crippen LogP contribution in [0.1, 0.15) is 36.5 Å². The van der Waals surface area contributed by atoms with Crippen LogP contribution in [0.25, 0.3) is 11.1 Å². The first-order chi connectivity index (χ1) is 13.4. The van der Waals surface area contributed by atoms with Crippen molar-refractivity contribution >= 4 is 5.91 Å². The zero-order valence-electron chi connectivity index (χ0n) is 17.1. The predicted molar refractivity (Wildman–Crippen MR) is 112 cm³/mol. The van der Waals surface area contributed by atoms with Crippen molar-refractivity contribution < 1.29 is 14.6 Å². The summed E-state index contributed by atoms with van der Waals surface area (Å²) in [6.45, 7) is 7.20. The van der Waals surface area contributed by atoms with Gasteiger partial charge in [0.05, 0.1) is 12.0 Å². The highest BCUT2D eigenvalue weighted by atomic mass is 16.5. The number of hydrogen-bond acceptors (Lipinski definition) is 3. The van der Waals surface area contributed by atoms with Gasteiger partial charge in [-0.3, -0.25) is 4.79 Å². The van der Waals surface area contributed by atoms with Gasteiger partial charge in [-0.2, -0.15) is 0 Å². The van der Waals surface area contributed by atoms with E-state index in [0.717, 1.165) is 5.56 Å². The van der Waals surface area contributed by atoms with Gasteiger partial charge >= 0.3 is 0 Å². The maximum atomic E-state index is 13.0. The number of nitrogens with one attached hydrogen (secondary N) is 1. The van der Waals surface area contributed by atoms with Crippen LogP contribution in [-0.2, 0) is 16.0 Å². The van der Waals surface area contributed by atoms with Gasteiger partial charge in [0.15, 0.2) is 0 Å². The fraction of sp³-hybridized carbons (Fsp3) is 0.458. The fourth-order valence-electron chi connectivity index (χ4n) is 4.02. The Morgan fingerprint density at radius 3 is 2.25 bits per heavy atom. The number of aliphatic hydroxyl groups is 1. The number of amides is 1. The van der Waals surface area contributed by atoms with Crippen LogP contribution < -0.4 is 5.32 Å². The summed E-state index contributed by atoms with van der Waals surface area (Å²) in [5, 5.41) is 12.3. The molecule has 0 aliphatic carbocycles. The smallest absolute Gasteiger partial charge is 0.227 e. The van der Waals surface area contributed by atoms with Gasteiger partial charge in [-0.05, 0) is 56.7 Å². The molecular formula is C24H31NO3. The van der Waals surface area contributed by atoms with E-state index in [1.807, 2.05) is 6.92 Å². The molecule has 0 radical (unpaired) electrons. The van der Waals surface area contributed by atoms with Gasteiger partial charge in [0, 0.05) is 19.3 Å². The molecule has 2 N–H and O–H groups in total. The van der Waals surface area contributed by atoms with E-state index in [-0.39, 0.29) is 18.6 Å². The largest absolute Gasteiger partial charge is 0.394 e. The Kier molecular flexibility index (Phi) is 6.53. The molecule has 0 saturated carbocycles. The molecule has 0 spiro atoms. The molecule has 0 unspecified atom stereocenters. The summed E-state index contributed by atoms with van der Waals surface area (Å²) in [5.41, 5.74) is 5.62. The van der Waals surface area contributed by atoms with Gasteiger partial charge in [-0.15, -0.1) is 0 Å². The van der Waals surface area contributed by atoms with Crippen molar-refractivity contribution in [2.45, 2.75) is 46.1 Å². The third kappa shape index (κ3) is 4.81. The highest BCUT2D eigenvalue weighted by molar-refractivity contribution is 5.83. The van der Waals surface area contributed by atoms with E-state index in [2.05, 4.69) is 61.6 Å². The van der Waals surface area contributed by atoms with Crippen LogP contribution in [0.3, 0.4) is 0 Å². The molecular weight excluding hydrogens is 350 g/mol. The van der Waals surface area contributed by atoms with E-state index in [1.54, 1.807) is 0 Å². The third-order valence-electron chi connectivity index (χ3n) is 5.63. The lowest BCUT2D eigenvalue weighted by Crippen LogP contribution is -2.49. The van der Waals surface area contributed by atoms with Gasteiger partial charge in [-0.1, -0.05) is 53.6 Å². The number of hydrogen-bond donors (Lipinski definition) is 2. The molecule has 0 bridgehead atoms. The van der Waals surface area contributed by atoms with E-state index in [4.69, 9.17) is 4.74 Å². The lowest BCUT2D eigenvalue weighted by atomic mass is 9.74. The number of aryl methyl sites for hydroxylation is 2. The third-order valence-corrected chi connectivity index (χ3v) is 5.63. The van der Waals surface area contributed by atoms with Crippen molar-refractivity contribution in [3.63, 3.8) is 0 Å². The predicted octanol–water partition coefficient (Wildman–Crippen LogP) is 3.81. The molecule has 1 atom stereocenters. The Hall–Kier alpha value is -2.17. The molecule has 1 aliphatic rings. The fourth-order valence-corrected chi connectivity index (χ4v) is 4.02. The average molecular weight is 382 g/mol. The summed E-state index contributed by atoms with van der Waals surface area (Å²) in [7, 11) is 0. The molecule has 1 heterocycles. The quantitative estimate of drug-likeness (QED) is 0.800. The minimum Gasteiger partial charge on any atom is -0.394 e. The monoisotopic (exact) mass is 381 g/mol. The highest BCUT2D eigenvalue weighted by Gasteiger charge is 2.40. The van der Waals surface area contributed by atoms with E-state index >= 15 is 0 Å². The van der Waals surface area contributed by atoms with Crippen LogP contribution in [0.4, 0.5) is 0 Å². The molecule has 150 valence electrons. The molecule has 4 nitrogen and oxygen atoms in total. The lowest BCUT2D eigenvalue weighted by Gasteiger charge is -2.36. The van der Waals surface area contributed by atoms with Crippen LogP contribution >= 0.6 is 0 Å². The topological polar surface area (TPSA) is 58.6 Å². The molecule has 1 amide bonds. The molecule has 2 aromatic rings. The number of aliphatic hydroxyl groups excluding tert-OH is 1. The Morgan fingerprint density at radius 1 is 1.07 bits per heavy atom. The van der Waals surface area contributed by atoms with Crippen molar-refractivity contribution in [3.8, 4) is 11.1 Å². The standard InChI is InChI=1S/C24H31NO3/c1-17-12-18(2)14-22(13-17)21-6-4-20(5-7-21)15-24(8-10-28-11-9-24)23(27)25-19(3)16-26/h4-7,12-14,19,26H,8-11,15-16H2,1-3H3,(H,25,27)/t19-/m0/s1. The van der Waals surface area contributed by atoms with Gasteiger partial charge in [0.25, 0.3) is 0 Å². The van der Waals surface area contributed by atoms with Crippen molar-refractivity contribution in [2.24, 2.45) is 5.41 Å². The van der Waals surface area contributed by atoms with Gasteiger partial charge in [-0.25, -0.2) is 0 Å². The second-order valence-electron chi connectivity index (χ2n) is 8.20. The minimum absolute atomic E-state index is 0.0238. The van der Waals surface area contributed by atoms with Crippen molar-refractivity contribution in [3.05, 3.63) is 59.2 Å². The summed E-state index contributed by atoms with van der Waals surface area (Å²) in [6.07, 6.45) is 2.10. The molecule has 28 heavy (non-hydrogen) atoms. The van der Waals surface area contributed by atoms with Gasteiger partial charge < -0.3 is 15.2 Å². The van der Waals surface area contributed by atoms with Crippen molar-refractivity contribution in [1.82, 2.24) is 5.32 Å². The Labute approximate surface area is 167 Å². The van der Waals surface area contributed by atoms with Crippen molar-refractivity contribution in [2.75, 3.05) is 19.8 Å². The summed E-state index contributed by atoms with van der Waals surface area (Å²) >= 11 is 0. The number of ether oxygens (including phenoxy) is 1. The first-order valence-corrected chi connectivity index (χ1v) is 10.1. The zero-order valence-corrected chi connectivity index (χ0v) is 17.1. The SMILES string of the molecule is Cc1cc(C)cc(-c2ccc(CC3(C(=O)N[C@@H](C)CO)CCOCC3)cc2)c1. The second kappa shape index (κ2) is 8.89. The van der Waals surface area contributed by atoms with Crippen LogP contribution in [0.5, 0.6) is 0 Å². The second-order valence-corrected chi connectivity index (χ2v) is 8.20. The number of carbonyl (C=O) groups is 1. The Balaban J connectivity index is 1.80. The normalized spacial score (nSPS) is 17.1. The van der Waals surface area contributed by atoms with Crippen molar-refractivity contribution in [1.29, 1.82) is 0 Å². The molecule has 2 aromatic carbocycles. The molecule has 0 aromatic heterocycles. The summed E-state index contributed by atoms with van der Waals surface area (Å²) in [5.74, 6) is 0.0238.